The molecular formula is C15H19ClN6O. The quantitative estimate of drug-likeness (QED) is 0.837. The molecule has 0 spiro atoms. The van der Waals surface area contributed by atoms with Crippen LogP contribution in [0, 0.1) is 0 Å². The first-order valence-electron chi connectivity index (χ1n) is 7.56. The Balaban J connectivity index is 1.51. The van der Waals surface area contributed by atoms with Crippen LogP contribution in [0.3, 0.4) is 0 Å². The summed E-state index contributed by atoms with van der Waals surface area (Å²) in [7, 11) is 0. The topological polar surface area (TPSA) is 75.2 Å². The van der Waals surface area contributed by atoms with Gasteiger partial charge in [0.15, 0.2) is 5.82 Å². The molecule has 1 saturated heterocycles. The zero-order chi connectivity index (χ0) is 15.9. The summed E-state index contributed by atoms with van der Waals surface area (Å²) in [6.45, 7) is 5.25. The SMILES string of the molecule is Clc1ccc(Nc2cnnc(NCCN3CCOCC3)n2)cc1. The highest BCUT2D eigenvalue weighted by molar-refractivity contribution is 6.30. The Morgan fingerprint density at radius 3 is 2.74 bits per heavy atom. The fourth-order valence-corrected chi connectivity index (χ4v) is 2.40. The first-order valence-corrected chi connectivity index (χ1v) is 7.94. The standard InChI is InChI=1S/C15H19ClN6O/c16-12-1-3-13(4-2-12)19-14-11-18-21-15(20-14)17-5-6-22-7-9-23-10-8-22/h1-4,11H,5-10H2,(H2,17,19,20,21). The molecule has 1 aliphatic rings. The second kappa shape index (κ2) is 8.05. The molecule has 23 heavy (non-hydrogen) atoms. The van der Waals surface area contributed by atoms with Gasteiger partial charge in [-0.25, -0.2) is 0 Å². The molecule has 0 bridgehead atoms. The molecule has 7 nitrogen and oxygen atoms in total. The van der Waals surface area contributed by atoms with Crippen LogP contribution >= 0.6 is 11.6 Å². The van der Waals surface area contributed by atoms with Crippen molar-refractivity contribution >= 4 is 29.1 Å². The number of ether oxygens (including phenoxy) is 1. The van der Waals surface area contributed by atoms with Gasteiger partial charge in [-0.3, -0.25) is 4.90 Å². The summed E-state index contributed by atoms with van der Waals surface area (Å²) in [5.74, 6) is 1.15. The van der Waals surface area contributed by atoms with Crippen LogP contribution < -0.4 is 10.6 Å². The van der Waals surface area contributed by atoms with Crippen LogP contribution in [-0.4, -0.2) is 59.5 Å². The molecule has 1 fully saturated rings. The number of hydrogen-bond donors (Lipinski definition) is 2. The van der Waals surface area contributed by atoms with Gasteiger partial charge in [0.2, 0.25) is 5.95 Å². The van der Waals surface area contributed by atoms with Crippen molar-refractivity contribution in [3.8, 4) is 0 Å². The molecule has 122 valence electrons. The normalized spacial score (nSPS) is 15.3. The number of aromatic nitrogens is 3. The third kappa shape index (κ3) is 5.02. The van der Waals surface area contributed by atoms with E-state index >= 15 is 0 Å². The van der Waals surface area contributed by atoms with Crippen LogP contribution in [0.5, 0.6) is 0 Å². The number of morpholine rings is 1. The maximum Gasteiger partial charge on any atom is 0.244 e. The van der Waals surface area contributed by atoms with E-state index in [2.05, 4.69) is 30.7 Å². The number of nitrogens with one attached hydrogen (secondary N) is 2. The van der Waals surface area contributed by atoms with Gasteiger partial charge in [-0.2, -0.15) is 10.1 Å². The summed E-state index contributed by atoms with van der Waals surface area (Å²) in [5.41, 5.74) is 0.897. The largest absolute Gasteiger partial charge is 0.379 e. The highest BCUT2D eigenvalue weighted by Crippen LogP contribution is 2.17. The summed E-state index contributed by atoms with van der Waals surface area (Å²) >= 11 is 5.87. The van der Waals surface area contributed by atoms with E-state index < -0.39 is 0 Å². The molecule has 2 heterocycles. The zero-order valence-electron chi connectivity index (χ0n) is 12.7. The van der Waals surface area contributed by atoms with E-state index in [-0.39, 0.29) is 0 Å². The summed E-state index contributed by atoms with van der Waals surface area (Å²) in [6.07, 6.45) is 1.59. The predicted octanol–water partition coefficient (Wildman–Crippen LogP) is 2.01. The Morgan fingerprint density at radius 2 is 1.96 bits per heavy atom. The Hall–Kier alpha value is -1.96. The second-order valence-corrected chi connectivity index (χ2v) is 5.61. The molecule has 1 aliphatic heterocycles. The second-order valence-electron chi connectivity index (χ2n) is 5.18. The van der Waals surface area contributed by atoms with Gasteiger partial charge >= 0.3 is 0 Å². The molecule has 0 atom stereocenters. The van der Waals surface area contributed by atoms with Gasteiger partial charge in [-0.1, -0.05) is 11.6 Å². The summed E-state index contributed by atoms with van der Waals surface area (Å²) in [5, 5.41) is 15.0. The van der Waals surface area contributed by atoms with Gasteiger partial charge in [-0.05, 0) is 24.3 Å². The highest BCUT2D eigenvalue weighted by atomic mass is 35.5. The number of nitrogens with zero attached hydrogens (tertiary/aromatic N) is 4. The van der Waals surface area contributed by atoms with Gasteiger partial charge in [-0.15, -0.1) is 5.10 Å². The van der Waals surface area contributed by atoms with Gasteiger partial charge in [0.05, 0.1) is 19.4 Å². The lowest BCUT2D eigenvalue weighted by atomic mass is 10.3. The van der Waals surface area contributed by atoms with E-state index in [1.807, 2.05) is 24.3 Å². The van der Waals surface area contributed by atoms with Crippen molar-refractivity contribution in [1.82, 2.24) is 20.1 Å². The Labute approximate surface area is 140 Å². The fraction of sp³-hybridized carbons (Fsp3) is 0.400. The summed E-state index contributed by atoms with van der Waals surface area (Å²) < 4.78 is 5.33. The fourth-order valence-electron chi connectivity index (χ4n) is 2.27. The number of hydrogen-bond acceptors (Lipinski definition) is 7. The van der Waals surface area contributed by atoms with Crippen LogP contribution in [-0.2, 0) is 4.74 Å². The van der Waals surface area contributed by atoms with E-state index in [1.165, 1.54) is 0 Å². The highest BCUT2D eigenvalue weighted by Gasteiger charge is 2.09. The minimum Gasteiger partial charge on any atom is -0.379 e. The Bertz CT molecular complexity index is 618. The third-order valence-corrected chi connectivity index (χ3v) is 3.74. The molecule has 2 aromatic rings. The van der Waals surface area contributed by atoms with Crippen molar-refractivity contribution in [3.05, 3.63) is 35.5 Å². The smallest absolute Gasteiger partial charge is 0.244 e. The van der Waals surface area contributed by atoms with Crippen molar-refractivity contribution in [3.63, 3.8) is 0 Å². The average Bonchev–Trinajstić information content (AvgIpc) is 2.58. The number of halogens is 1. The molecule has 0 amide bonds. The van der Waals surface area contributed by atoms with Gasteiger partial charge in [0, 0.05) is 36.9 Å². The van der Waals surface area contributed by atoms with E-state index in [1.54, 1.807) is 6.20 Å². The van der Waals surface area contributed by atoms with E-state index in [4.69, 9.17) is 16.3 Å². The third-order valence-electron chi connectivity index (χ3n) is 3.49. The summed E-state index contributed by atoms with van der Waals surface area (Å²) in [4.78, 5) is 6.75. The first kappa shape index (κ1) is 15.9. The van der Waals surface area contributed by atoms with Crippen molar-refractivity contribution in [1.29, 1.82) is 0 Å². The van der Waals surface area contributed by atoms with Crippen LogP contribution in [0.4, 0.5) is 17.5 Å². The first-order chi connectivity index (χ1) is 11.3. The molecule has 8 heteroatoms. The van der Waals surface area contributed by atoms with Crippen LogP contribution in [0.1, 0.15) is 0 Å². The molecule has 0 radical (unpaired) electrons. The predicted molar refractivity (Wildman–Crippen MR) is 90.3 cm³/mol. The van der Waals surface area contributed by atoms with E-state index in [9.17, 15) is 0 Å². The minimum absolute atomic E-state index is 0.511. The molecular weight excluding hydrogens is 316 g/mol. The lowest BCUT2D eigenvalue weighted by Crippen LogP contribution is -2.39. The van der Waals surface area contributed by atoms with Crippen molar-refractivity contribution in [2.45, 2.75) is 0 Å². The van der Waals surface area contributed by atoms with E-state index in [0.29, 0.717) is 16.8 Å². The minimum atomic E-state index is 0.511. The van der Waals surface area contributed by atoms with Crippen molar-refractivity contribution < 1.29 is 4.74 Å². The molecule has 1 aromatic carbocycles. The lowest BCUT2D eigenvalue weighted by Gasteiger charge is -2.26. The molecule has 0 saturated carbocycles. The van der Waals surface area contributed by atoms with Crippen molar-refractivity contribution in [2.75, 3.05) is 50.0 Å². The van der Waals surface area contributed by atoms with E-state index in [0.717, 1.165) is 45.1 Å². The molecule has 0 aliphatic carbocycles. The Kier molecular flexibility index (Phi) is 5.57. The zero-order valence-corrected chi connectivity index (χ0v) is 13.5. The monoisotopic (exact) mass is 334 g/mol. The van der Waals surface area contributed by atoms with Crippen LogP contribution in [0.2, 0.25) is 5.02 Å². The van der Waals surface area contributed by atoms with Crippen LogP contribution in [0.15, 0.2) is 30.5 Å². The van der Waals surface area contributed by atoms with Gasteiger partial charge in [0.1, 0.15) is 0 Å². The lowest BCUT2D eigenvalue weighted by molar-refractivity contribution is 0.0398. The van der Waals surface area contributed by atoms with Crippen LogP contribution in [0.25, 0.3) is 0 Å². The number of anilines is 3. The molecule has 2 N–H and O–H groups in total. The molecule has 0 unspecified atom stereocenters. The maximum absolute atomic E-state index is 5.87. The average molecular weight is 335 g/mol. The number of benzene rings is 1. The molecule has 1 aromatic heterocycles. The van der Waals surface area contributed by atoms with Crippen molar-refractivity contribution in [2.24, 2.45) is 0 Å². The van der Waals surface area contributed by atoms with Gasteiger partial charge < -0.3 is 15.4 Å². The van der Waals surface area contributed by atoms with Gasteiger partial charge in [0.25, 0.3) is 0 Å². The molecule has 3 rings (SSSR count). The number of rotatable bonds is 6. The Morgan fingerprint density at radius 1 is 1.17 bits per heavy atom. The maximum atomic E-state index is 5.87. The summed E-state index contributed by atoms with van der Waals surface area (Å²) in [6, 6.07) is 7.41.